The molecule has 1 fully saturated rings. The van der Waals surface area contributed by atoms with E-state index in [0.29, 0.717) is 10.6 Å². The highest BCUT2D eigenvalue weighted by Gasteiger charge is 2.22. The summed E-state index contributed by atoms with van der Waals surface area (Å²) >= 11 is 5.89. The molecule has 2 heterocycles. The molecule has 104 valence electrons. The van der Waals surface area contributed by atoms with E-state index in [0.717, 1.165) is 39.1 Å². The van der Waals surface area contributed by atoms with Gasteiger partial charge in [0.25, 0.3) is 5.91 Å². The Balaban J connectivity index is 1.99. The molecule has 0 unspecified atom stereocenters. The minimum atomic E-state index is -0.0226. The van der Waals surface area contributed by atoms with Crippen LogP contribution in [0.1, 0.15) is 23.7 Å². The first-order valence-electron chi connectivity index (χ1n) is 6.54. The molecule has 0 aliphatic carbocycles. The molecule has 19 heavy (non-hydrogen) atoms. The van der Waals surface area contributed by atoms with Gasteiger partial charge in [-0.05, 0) is 19.0 Å². The van der Waals surface area contributed by atoms with Gasteiger partial charge >= 0.3 is 0 Å². The summed E-state index contributed by atoms with van der Waals surface area (Å²) in [5.74, 6) is 0.233. The number of hydrogen-bond donors (Lipinski definition) is 1. The van der Waals surface area contributed by atoms with Crippen LogP contribution >= 0.6 is 11.6 Å². The average Bonchev–Trinajstić information content (AvgIpc) is 2.42. The van der Waals surface area contributed by atoms with Crippen LogP contribution in [0.2, 0.25) is 5.02 Å². The highest BCUT2D eigenvalue weighted by molar-refractivity contribution is 6.33. The van der Waals surface area contributed by atoms with Crippen molar-refractivity contribution in [3.63, 3.8) is 0 Å². The largest absolute Gasteiger partial charge is 0.382 e. The van der Waals surface area contributed by atoms with Crippen molar-refractivity contribution in [2.45, 2.75) is 13.3 Å². The fraction of sp³-hybridized carbons (Fsp3) is 0.538. The fourth-order valence-electron chi connectivity index (χ4n) is 2.24. The molecule has 0 atom stereocenters. The Kier molecular flexibility index (Phi) is 4.61. The maximum atomic E-state index is 12.3. The molecule has 1 aliphatic rings. The number of nitrogens with zero attached hydrogens (tertiary/aromatic N) is 3. The lowest BCUT2D eigenvalue weighted by molar-refractivity contribution is 0.0637. The van der Waals surface area contributed by atoms with Gasteiger partial charge in [-0.15, -0.1) is 0 Å². The normalized spacial score (nSPS) is 16.6. The van der Waals surface area contributed by atoms with Gasteiger partial charge in [0, 0.05) is 32.4 Å². The summed E-state index contributed by atoms with van der Waals surface area (Å²) in [7, 11) is 0. The Hall–Kier alpha value is -1.33. The number of anilines is 1. The van der Waals surface area contributed by atoms with Gasteiger partial charge in [0.15, 0.2) is 0 Å². The van der Waals surface area contributed by atoms with E-state index in [1.165, 1.54) is 6.20 Å². The number of carbonyl (C=O) groups is 1. The van der Waals surface area contributed by atoms with Crippen molar-refractivity contribution in [1.29, 1.82) is 0 Å². The minimum absolute atomic E-state index is 0.0226. The van der Waals surface area contributed by atoms with Crippen LogP contribution in [0.3, 0.4) is 0 Å². The Labute approximate surface area is 118 Å². The van der Waals surface area contributed by atoms with Gasteiger partial charge in [-0.1, -0.05) is 18.5 Å². The molecular weight excluding hydrogens is 264 g/mol. The number of hydrogen-bond acceptors (Lipinski definition) is 4. The third-order valence-electron chi connectivity index (χ3n) is 3.32. The smallest absolute Gasteiger partial charge is 0.255 e. The summed E-state index contributed by atoms with van der Waals surface area (Å²) in [6.45, 7) is 6.62. The number of aromatic nitrogens is 1. The van der Waals surface area contributed by atoms with Crippen molar-refractivity contribution in [3.8, 4) is 0 Å². The molecule has 6 heteroatoms. The number of carbonyl (C=O) groups excluding carboxylic acids is 1. The van der Waals surface area contributed by atoms with E-state index in [9.17, 15) is 4.79 Å². The van der Waals surface area contributed by atoms with Crippen LogP contribution in [0.15, 0.2) is 12.3 Å². The molecule has 1 aromatic rings. The molecule has 0 radical (unpaired) electrons. The van der Waals surface area contributed by atoms with Gasteiger partial charge in [0.05, 0.1) is 10.6 Å². The first-order valence-corrected chi connectivity index (χ1v) is 6.92. The van der Waals surface area contributed by atoms with Crippen LogP contribution in [-0.2, 0) is 0 Å². The standard InChI is InChI=1S/C13H19ClN4O/c1-2-3-17-4-6-18(7-5-17)13(19)10-8-11(14)12(15)16-9-10/h8-9H,2-7H2,1H3,(H2,15,16). The van der Waals surface area contributed by atoms with Crippen molar-refractivity contribution in [1.82, 2.24) is 14.8 Å². The van der Waals surface area contributed by atoms with E-state index in [1.807, 2.05) is 4.90 Å². The molecule has 0 saturated carbocycles. The Morgan fingerprint density at radius 3 is 2.68 bits per heavy atom. The van der Waals surface area contributed by atoms with Gasteiger partial charge < -0.3 is 10.6 Å². The van der Waals surface area contributed by atoms with Crippen molar-refractivity contribution in [3.05, 3.63) is 22.8 Å². The van der Waals surface area contributed by atoms with Crippen LogP contribution < -0.4 is 5.73 Å². The van der Waals surface area contributed by atoms with Crippen LogP contribution in [0.5, 0.6) is 0 Å². The summed E-state index contributed by atoms with van der Waals surface area (Å²) in [5.41, 5.74) is 6.05. The van der Waals surface area contributed by atoms with Crippen LogP contribution in [0, 0.1) is 0 Å². The van der Waals surface area contributed by atoms with Gasteiger partial charge in [0.2, 0.25) is 0 Å². The number of pyridine rings is 1. The SMILES string of the molecule is CCCN1CCN(C(=O)c2cnc(N)c(Cl)c2)CC1. The monoisotopic (exact) mass is 282 g/mol. The lowest BCUT2D eigenvalue weighted by Gasteiger charge is -2.34. The zero-order valence-corrected chi connectivity index (χ0v) is 11.9. The maximum absolute atomic E-state index is 12.3. The second-order valence-corrected chi connectivity index (χ2v) is 5.13. The predicted molar refractivity (Wildman–Crippen MR) is 76.3 cm³/mol. The average molecular weight is 283 g/mol. The fourth-order valence-corrected chi connectivity index (χ4v) is 2.41. The number of rotatable bonds is 3. The lowest BCUT2D eigenvalue weighted by atomic mass is 10.2. The number of piperazine rings is 1. The molecule has 0 spiro atoms. The van der Waals surface area contributed by atoms with Gasteiger partial charge in [-0.2, -0.15) is 0 Å². The molecular formula is C13H19ClN4O. The Morgan fingerprint density at radius 2 is 2.11 bits per heavy atom. The molecule has 1 aliphatic heterocycles. The lowest BCUT2D eigenvalue weighted by Crippen LogP contribution is -2.48. The summed E-state index contributed by atoms with van der Waals surface area (Å²) in [6, 6.07) is 1.59. The number of nitrogen functional groups attached to an aromatic ring is 1. The van der Waals surface area contributed by atoms with Gasteiger partial charge in [0.1, 0.15) is 5.82 Å². The zero-order chi connectivity index (χ0) is 13.8. The summed E-state index contributed by atoms with van der Waals surface area (Å²) in [5, 5.41) is 0.329. The van der Waals surface area contributed by atoms with Gasteiger partial charge in [-0.3, -0.25) is 9.69 Å². The van der Waals surface area contributed by atoms with Crippen LogP contribution in [0.25, 0.3) is 0 Å². The van der Waals surface area contributed by atoms with Crippen LogP contribution in [-0.4, -0.2) is 53.4 Å². The molecule has 5 nitrogen and oxygen atoms in total. The number of halogens is 1. The molecule has 1 amide bonds. The van der Waals surface area contributed by atoms with E-state index < -0.39 is 0 Å². The number of amides is 1. The first kappa shape index (κ1) is 14.1. The Bertz CT molecular complexity index is 458. The maximum Gasteiger partial charge on any atom is 0.255 e. The molecule has 0 bridgehead atoms. The first-order chi connectivity index (χ1) is 9.11. The van der Waals surface area contributed by atoms with E-state index in [2.05, 4.69) is 16.8 Å². The highest BCUT2D eigenvalue weighted by atomic mass is 35.5. The molecule has 2 N–H and O–H groups in total. The van der Waals surface area contributed by atoms with E-state index in [4.69, 9.17) is 17.3 Å². The van der Waals surface area contributed by atoms with Crippen molar-refractivity contribution < 1.29 is 4.79 Å². The molecule has 1 saturated heterocycles. The topological polar surface area (TPSA) is 62.5 Å². The third kappa shape index (κ3) is 3.36. The quantitative estimate of drug-likeness (QED) is 0.912. The molecule has 1 aromatic heterocycles. The zero-order valence-electron chi connectivity index (χ0n) is 11.1. The van der Waals surface area contributed by atoms with E-state index in [-0.39, 0.29) is 11.7 Å². The van der Waals surface area contributed by atoms with E-state index in [1.54, 1.807) is 6.07 Å². The summed E-state index contributed by atoms with van der Waals surface area (Å²) < 4.78 is 0. The highest BCUT2D eigenvalue weighted by Crippen LogP contribution is 2.18. The second-order valence-electron chi connectivity index (χ2n) is 4.72. The van der Waals surface area contributed by atoms with Gasteiger partial charge in [-0.25, -0.2) is 4.98 Å². The third-order valence-corrected chi connectivity index (χ3v) is 3.62. The van der Waals surface area contributed by atoms with Crippen molar-refractivity contribution in [2.75, 3.05) is 38.5 Å². The summed E-state index contributed by atoms with van der Waals surface area (Å²) in [6.07, 6.45) is 2.63. The van der Waals surface area contributed by atoms with Crippen molar-refractivity contribution in [2.24, 2.45) is 0 Å². The molecule has 0 aromatic carbocycles. The number of nitrogens with two attached hydrogens (primary N) is 1. The minimum Gasteiger partial charge on any atom is -0.382 e. The molecule has 2 rings (SSSR count). The predicted octanol–water partition coefficient (Wildman–Crippen LogP) is 1.48. The second kappa shape index (κ2) is 6.21. The Morgan fingerprint density at radius 1 is 1.42 bits per heavy atom. The van der Waals surface area contributed by atoms with Crippen LogP contribution in [0.4, 0.5) is 5.82 Å². The van der Waals surface area contributed by atoms with Crippen molar-refractivity contribution >= 4 is 23.3 Å². The van der Waals surface area contributed by atoms with E-state index >= 15 is 0 Å². The summed E-state index contributed by atoms with van der Waals surface area (Å²) in [4.78, 5) is 20.4.